The van der Waals surface area contributed by atoms with Crippen LogP contribution in [0.5, 0.6) is 0 Å². The number of aromatic nitrogens is 10. The largest absolute Gasteiger partial charge is 0.205 e. The Hall–Kier alpha value is -8.50. The fourth-order valence-electron chi connectivity index (χ4n) is 19.6. The maximum Gasteiger partial charge on any atom is 0.169 e. The number of rotatable bonds is 79. The van der Waals surface area contributed by atoms with E-state index >= 15 is 0 Å². The van der Waals surface area contributed by atoms with Gasteiger partial charge in [-0.05, 0) is 120 Å². The third-order valence-corrected chi connectivity index (χ3v) is 28.4. The van der Waals surface area contributed by atoms with Crippen LogP contribution in [-0.4, -0.2) is 0 Å². The highest BCUT2D eigenvalue weighted by atomic mass is 15.0. The van der Waals surface area contributed by atoms with Gasteiger partial charge < -0.3 is 0 Å². The fourth-order valence-corrected chi connectivity index (χ4v) is 19.6. The predicted octanol–water partition coefficient (Wildman–Crippen LogP) is 29.1. The molecule has 0 bridgehead atoms. The molecule has 0 saturated heterocycles. The van der Waals surface area contributed by atoms with E-state index in [9.17, 15) is 0 Å². The predicted molar refractivity (Wildman–Crippen MR) is 550 cm³/mol. The van der Waals surface area contributed by atoms with Gasteiger partial charge in [-0.3, -0.25) is 0 Å². The fraction of sp³-hybridized carbons (Fsp3) is 0.590. The molecular weight excluding hydrogens is 1610 g/mol. The number of nitrogens with zero attached hydrogens (tertiary/aromatic N) is 10. The molecule has 0 spiro atoms. The van der Waals surface area contributed by atoms with Crippen molar-refractivity contribution in [2.75, 3.05) is 0 Å². The molecule has 0 amide bonds. The van der Waals surface area contributed by atoms with Crippen molar-refractivity contribution >= 4 is 0 Å². The molecule has 0 aliphatic carbocycles. The number of unbranched alkanes of at least 4 members (excludes halogenated alkanes) is 54. The molecule has 0 aromatic carbocycles. The van der Waals surface area contributed by atoms with Crippen LogP contribution in [0.3, 0.4) is 0 Å². The highest BCUT2D eigenvalue weighted by molar-refractivity contribution is 5.64. The Labute approximate surface area is 806 Å². The normalized spacial score (nSPS) is 11.6. The van der Waals surface area contributed by atoms with E-state index in [-0.39, 0.29) is 0 Å². The van der Waals surface area contributed by atoms with Crippen molar-refractivity contribution in [2.45, 2.75) is 465 Å². The summed E-state index contributed by atoms with van der Waals surface area (Å²) in [5.74, 6) is 0. The molecule has 0 unspecified atom stereocenters. The molecule has 10 heterocycles. The zero-order valence-corrected chi connectivity index (χ0v) is 84.1. The Kier molecular flexibility index (Phi) is 55.4. The molecule has 0 fully saturated rings. The van der Waals surface area contributed by atoms with Crippen molar-refractivity contribution in [2.24, 2.45) is 0 Å². The molecule has 0 atom stereocenters. The lowest BCUT2D eigenvalue weighted by molar-refractivity contribution is -0.697. The molecule has 10 heteroatoms. The van der Waals surface area contributed by atoms with E-state index in [4.69, 9.17) is 0 Å². The van der Waals surface area contributed by atoms with E-state index in [1.165, 1.54) is 441 Å². The Bertz CT molecular complexity index is 4110. The molecule has 10 aromatic heterocycles. The summed E-state index contributed by atoms with van der Waals surface area (Å²) in [6.45, 7) is 15.8. The molecule has 10 aromatic rings. The average Bonchev–Trinajstić information content (AvgIpc) is 0.873. The van der Waals surface area contributed by atoms with E-state index in [0.717, 1.165) is 65.4 Å². The summed E-state index contributed by atoms with van der Waals surface area (Å²) in [5, 5.41) is 0. The lowest BCUT2D eigenvalue weighted by Crippen LogP contribution is -2.33. The number of hydrogen-bond donors (Lipinski definition) is 0. The van der Waals surface area contributed by atoms with E-state index in [2.05, 4.69) is 305 Å². The number of hydrogen-bond acceptors (Lipinski definition) is 0. The van der Waals surface area contributed by atoms with Gasteiger partial charge >= 0.3 is 0 Å². The third-order valence-electron chi connectivity index (χ3n) is 28.4. The van der Waals surface area contributed by atoms with Gasteiger partial charge in [-0.2, -0.15) is 0 Å². The molecule has 10 nitrogen and oxygen atoms in total. The van der Waals surface area contributed by atoms with E-state index in [1.807, 2.05) is 0 Å². The molecule has 10 rings (SSSR count). The second kappa shape index (κ2) is 69.3. The second-order valence-corrected chi connectivity index (χ2v) is 39.8. The second-order valence-electron chi connectivity index (χ2n) is 39.8. The summed E-state index contributed by atoms with van der Waals surface area (Å²) < 4.78 is 23.7. The molecule has 0 saturated carbocycles. The van der Waals surface area contributed by atoms with Gasteiger partial charge in [0.2, 0.25) is 0 Å². The van der Waals surface area contributed by atoms with Crippen LogP contribution in [0.25, 0.3) is 55.6 Å². The van der Waals surface area contributed by atoms with Crippen LogP contribution in [0.2, 0.25) is 0 Å². The minimum Gasteiger partial charge on any atom is -0.205 e. The van der Waals surface area contributed by atoms with Crippen LogP contribution in [0.1, 0.15) is 399 Å². The Balaban J connectivity index is 0.437. The Morgan fingerprint density at radius 3 is 0.242 bits per heavy atom. The minimum atomic E-state index is 1.11. The minimum absolute atomic E-state index is 1.11. The van der Waals surface area contributed by atoms with Gasteiger partial charge in [-0.15, -0.1) is 0 Å². The van der Waals surface area contributed by atoms with Crippen LogP contribution < -0.4 is 45.7 Å². The van der Waals surface area contributed by atoms with Crippen LogP contribution in [-0.2, 0) is 65.4 Å². The first-order valence-corrected chi connectivity index (χ1v) is 55.4. The Morgan fingerprint density at radius 2 is 0.167 bits per heavy atom. The van der Waals surface area contributed by atoms with E-state index < -0.39 is 0 Å². The van der Waals surface area contributed by atoms with Crippen molar-refractivity contribution in [1.29, 1.82) is 0 Å². The van der Waals surface area contributed by atoms with Crippen LogP contribution in [0, 0.1) is 0 Å². The summed E-state index contributed by atoms with van der Waals surface area (Å²) in [6.07, 6.45) is 127. The molecule has 0 N–H and O–H groups in total. The summed E-state index contributed by atoms with van der Waals surface area (Å²) >= 11 is 0. The third kappa shape index (κ3) is 46.2. The molecule has 714 valence electrons. The lowest BCUT2D eigenvalue weighted by atomic mass is 10.1. The summed E-state index contributed by atoms with van der Waals surface area (Å²) in [7, 11) is 0. The van der Waals surface area contributed by atoms with Gasteiger partial charge in [-0.1, -0.05) is 271 Å². The first-order chi connectivity index (χ1) is 65.5. The SMILES string of the molecule is CCCCCCCCCCCC[n+]1ccc(-c2cc[n+](CCCCCCCCCCCC[n+]3ccc(-c4cc[n+](CCCCCCCCCCCC[n+]5ccc(-c6cc[n+](CCCCCCCCCCCC[n+]7ccc(-c8cc[n+](CCCCCCCCCCCC[n+]9ccc(-c%10cc[n+](CCCCCCCCCCCC)cc%10)cc9)cc8)cc7)cc6)cc5)cc4)cc3)cc2)cc1. The summed E-state index contributed by atoms with van der Waals surface area (Å²) in [5.41, 5.74) is 13.1. The van der Waals surface area contributed by atoms with Gasteiger partial charge in [-0.25, -0.2) is 45.7 Å². The zero-order chi connectivity index (χ0) is 91.3. The summed E-state index contributed by atoms with van der Waals surface area (Å²) in [4.78, 5) is 0. The van der Waals surface area contributed by atoms with Gasteiger partial charge in [0, 0.05) is 186 Å². The topological polar surface area (TPSA) is 38.8 Å². The highest BCUT2D eigenvalue weighted by Crippen LogP contribution is 2.25. The molecule has 0 aliphatic heterocycles. The first kappa shape index (κ1) is 106. The van der Waals surface area contributed by atoms with Gasteiger partial charge in [0.05, 0.1) is 0 Å². The van der Waals surface area contributed by atoms with Crippen LogP contribution in [0.15, 0.2) is 245 Å². The van der Waals surface area contributed by atoms with Crippen molar-refractivity contribution in [1.82, 2.24) is 0 Å². The van der Waals surface area contributed by atoms with Crippen molar-refractivity contribution < 1.29 is 45.7 Å². The van der Waals surface area contributed by atoms with Gasteiger partial charge in [0.15, 0.2) is 124 Å². The van der Waals surface area contributed by atoms with Gasteiger partial charge in [0.25, 0.3) is 0 Å². The Morgan fingerprint density at radius 1 is 0.0985 bits per heavy atom. The van der Waals surface area contributed by atoms with Crippen molar-refractivity contribution in [3.8, 4) is 55.6 Å². The van der Waals surface area contributed by atoms with Crippen LogP contribution in [0.4, 0.5) is 0 Å². The maximum absolute atomic E-state index is 2.38. The molecular formula is C122H186N10+10. The first-order valence-electron chi connectivity index (χ1n) is 55.4. The number of aryl methyl sites for hydroxylation is 10. The maximum atomic E-state index is 2.38. The van der Waals surface area contributed by atoms with Crippen LogP contribution >= 0.6 is 0 Å². The monoisotopic (exact) mass is 1790 g/mol. The molecule has 132 heavy (non-hydrogen) atoms. The van der Waals surface area contributed by atoms with E-state index in [1.54, 1.807) is 0 Å². The molecule has 0 radical (unpaired) electrons. The highest BCUT2D eigenvalue weighted by Gasteiger charge is 2.15. The summed E-state index contributed by atoms with van der Waals surface area (Å²) in [6, 6.07) is 45.9. The van der Waals surface area contributed by atoms with Crippen molar-refractivity contribution in [3.63, 3.8) is 0 Å². The molecule has 0 aliphatic rings. The van der Waals surface area contributed by atoms with Crippen molar-refractivity contribution in [3.05, 3.63) is 245 Å². The standard InChI is InChI=1S/C122H186N10/c1-3-5-7-9-11-13-23-33-43-53-83-123-93-63-113(64-94-123)115-67-97-125(98-68-115)85-55-45-35-25-15-17-27-37-47-57-87-127-101-71-117(72-102-127)119-75-105-129(106-76-119)89-59-49-39-29-19-21-31-41-51-61-91-131-109-79-121(80-110-131)122-81-111-132(112-82-122)92-62-52-42-32-22-20-30-40-50-60-90-130-107-77-120(78-108-130)118-73-103-128(104-74-118)88-58-48-38-28-18-16-26-36-46-56-86-126-99-69-116(70-100-126)114-65-95-124(96-66-114)84-54-44-34-24-14-12-10-8-6-4-2/h63-82,93-112H,3-62,83-92H2,1-2H3/q+10. The van der Waals surface area contributed by atoms with E-state index in [0.29, 0.717) is 0 Å². The number of pyridine rings is 10. The smallest absolute Gasteiger partial charge is 0.169 e. The zero-order valence-electron chi connectivity index (χ0n) is 84.1. The lowest BCUT2D eigenvalue weighted by Gasteiger charge is -2.04. The van der Waals surface area contributed by atoms with Gasteiger partial charge in [0.1, 0.15) is 65.4 Å². The average molecular weight is 1790 g/mol. The quantitative estimate of drug-likeness (QED) is 0.0269.